The zero-order valence-electron chi connectivity index (χ0n) is 13.6. The standard InChI is InChI=1S/C17H27NO3/c1-13(2)18(9-5-6-17(19)20)10-11-21-16-12-14(3)7-8-15(16)4/h7-8,12-13H,5-6,9-11H2,1-4H3,(H,19,20). The van der Waals surface area contributed by atoms with Gasteiger partial charge in [0.25, 0.3) is 0 Å². The molecule has 1 rings (SSSR count). The third kappa shape index (κ3) is 6.63. The maximum Gasteiger partial charge on any atom is 0.303 e. The largest absolute Gasteiger partial charge is 0.492 e. The normalized spacial score (nSPS) is 11.1. The minimum absolute atomic E-state index is 0.223. The highest BCUT2D eigenvalue weighted by molar-refractivity contribution is 5.66. The Hall–Kier alpha value is -1.55. The average molecular weight is 293 g/mol. The van der Waals surface area contributed by atoms with Crippen LogP contribution in [0.2, 0.25) is 0 Å². The molecule has 0 saturated carbocycles. The quantitative estimate of drug-likeness (QED) is 0.759. The van der Waals surface area contributed by atoms with E-state index in [4.69, 9.17) is 9.84 Å². The van der Waals surface area contributed by atoms with E-state index in [-0.39, 0.29) is 6.42 Å². The lowest BCUT2D eigenvalue weighted by Gasteiger charge is -2.26. The van der Waals surface area contributed by atoms with E-state index >= 15 is 0 Å². The van der Waals surface area contributed by atoms with Crippen molar-refractivity contribution in [3.8, 4) is 5.75 Å². The van der Waals surface area contributed by atoms with Gasteiger partial charge in [-0.15, -0.1) is 0 Å². The fourth-order valence-electron chi connectivity index (χ4n) is 2.20. The summed E-state index contributed by atoms with van der Waals surface area (Å²) in [5, 5.41) is 8.70. The van der Waals surface area contributed by atoms with Crippen molar-refractivity contribution in [3.63, 3.8) is 0 Å². The maximum absolute atomic E-state index is 10.6. The van der Waals surface area contributed by atoms with Gasteiger partial charge in [0.15, 0.2) is 0 Å². The Bertz CT molecular complexity index is 457. The van der Waals surface area contributed by atoms with Crippen molar-refractivity contribution in [3.05, 3.63) is 29.3 Å². The van der Waals surface area contributed by atoms with Crippen LogP contribution in [0.3, 0.4) is 0 Å². The van der Waals surface area contributed by atoms with Crippen molar-refractivity contribution >= 4 is 5.97 Å². The summed E-state index contributed by atoms with van der Waals surface area (Å²) in [5.74, 6) is 0.203. The lowest BCUT2D eigenvalue weighted by molar-refractivity contribution is -0.137. The lowest BCUT2D eigenvalue weighted by atomic mass is 10.1. The molecule has 4 nitrogen and oxygen atoms in total. The smallest absolute Gasteiger partial charge is 0.303 e. The van der Waals surface area contributed by atoms with Gasteiger partial charge in [-0.3, -0.25) is 9.69 Å². The number of aliphatic carboxylic acids is 1. The van der Waals surface area contributed by atoms with Gasteiger partial charge in [0.05, 0.1) is 0 Å². The van der Waals surface area contributed by atoms with Crippen molar-refractivity contribution < 1.29 is 14.6 Å². The van der Waals surface area contributed by atoms with Crippen LogP contribution in [0, 0.1) is 13.8 Å². The van der Waals surface area contributed by atoms with Crippen LogP contribution >= 0.6 is 0 Å². The number of carboxylic acid groups (broad SMARTS) is 1. The van der Waals surface area contributed by atoms with Gasteiger partial charge < -0.3 is 9.84 Å². The molecule has 0 radical (unpaired) electrons. The van der Waals surface area contributed by atoms with Crippen LogP contribution in [0.5, 0.6) is 5.75 Å². The molecule has 1 aromatic carbocycles. The van der Waals surface area contributed by atoms with Gasteiger partial charge in [0, 0.05) is 19.0 Å². The topological polar surface area (TPSA) is 49.8 Å². The lowest BCUT2D eigenvalue weighted by Crippen LogP contribution is -2.35. The van der Waals surface area contributed by atoms with Crippen LogP contribution in [-0.2, 0) is 4.79 Å². The van der Waals surface area contributed by atoms with Crippen molar-refractivity contribution in [1.29, 1.82) is 0 Å². The second kappa shape index (κ2) is 8.67. The van der Waals surface area contributed by atoms with E-state index in [9.17, 15) is 4.79 Å². The molecule has 0 fully saturated rings. The molecule has 0 bridgehead atoms. The van der Waals surface area contributed by atoms with Crippen LogP contribution in [0.1, 0.15) is 37.8 Å². The molecule has 21 heavy (non-hydrogen) atoms. The molecule has 1 aromatic rings. The summed E-state index contributed by atoms with van der Waals surface area (Å²) >= 11 is 0. The van der Waals surface area contributed by atoms with Crippen molar-refractivity contribution in [2.45, 2.75) is 46.6 Å². The number of ether oxygens (including phenoxy) is 1. The van der Waals surface area contributed by atoms with Gasteiger partial charge in [-0.05, 0) is 57.9 Å². The van der Waals surface area contributed by atoms with E-state index in [1.165, 1.54) is 5.56 Å². The Kier molecular flexibility index (Phi) is 7.23. The van der Waals surface area contributed by atoms with Gasteiger partial charge in [-0.1, -0.05) is 12.1 Å². The van der Waals surface area contributed by atoms with Crippen LogP contribution in [0.25, 0.3) is 0 Å². The summed E-state index contributed by atoms with van der Waals surface area (Å²) in [5.41, 5.74) is 2.33. The molecule has 0 aromatic heterocycles. The molecule has 0 unspecified atom stereocenters. The molecular weight excluding hydrogens is 266 g/mol. The monoisotopic (exact) mass is 293 g/mol. The van der Waals surface area contributed by atoms with Gasteiger partial charge in [-0.25, -0.2) is 0 Å². The Balaban J connectivity index is 2.42. The highest BCUT2D eigenvalue weighted by Crippen LogP contribution is 2.19. The van der Waals surface area contributed by atoms with Crippen LogP contribution in [-0.4, -0.2) is 41.7 Å². The highest BCUT2D eigenvalue weighted by Gasteiger charge is 2.10. The summed E-state index contributed by atoms with van der Waals surface area (Å²) in [6, 6.07) is 6.59. The molecule has 118 valence electrons. The Morgan fingerprint density at radius 1 is 1.29 bits per heavy atom. The van der Waals surface area contributed by atoms with E-state index in [1.807, 2.05) is 6.92 Å². The fraction of sp³-hybridized carbons (Fsp3) is 0.588. The van der Waals surface area contributed by atoms with Crippen molar-refractivity contribution in [2.24, 2.45) is 0 Å². The summed E-state index contributed by atoms with van der Waals surface area (Å²) in [4.78, 5) is 12.8. The number of rotatable bonds is 9. The Morgan fingerprint density at radius 2 is 2.00 bits per heavy atom. The molecule has 0 aliphatic carbocycles. The molecule has 4 heteroatoms. The Morgan fingerprint density at radius 3 is 2.62 bits per heavy atom. The molecule has 0 spiro atoms. The second-order valence-corrected chi connectivity index (χ2v) is 5.74. The zero-order chi connectivity index (χ0) is 15.8. The summed E-state index contributed by atoms with van der Waals surface area (Å²) < 4.78 is 5.87. The third-order valence-corrected chi connectivity index (χ3v) is 3.55. The zero-order valence-corrected chi connectivity index (χ0v) is 13.6. The number of nitrogens with zero attached hydrogens (tertiary/aromatic N) is 1. The molecule has 0 aliphatic rings. The fourth-order valence-corrected chi connectivity index (χ4v) is 2.20. The molecule has 0 saturated heterocycles. The van der Waals surface area contributed by atoms with Gasteiger partial charge >= 0.3 is 5.97 Å². The number of hydrogen-bond acceptors (Lipinski definition) is 3. The average Bonchev–Trinajstić information content (AvgIpc) is 2.40. The first-order valence-electron chi connectivity index (χ1n) is 7.56. The van der Waals surface area contributed by atoms with Gasteiger partial charge in [0.2, 0.25) is 0 Å². The van der Waals surface area contributed by atoms with E-state index in [2.05, 4.69) is 43.9 Å². The number of carbonyl (C=O) groups is 1. The molecule has 0 heterocycles. The highest BCUT2D eigenvalue weighted by atomic mass is 16.5. The predicted molar refractivity (Wildman–Crippen MR) is 85.0 cm³/mol. The van der Waals surface area contributed by atoms with Crippen LogP contribution in [0.15, 0.2) is 18.2 Å². The molecule has 0 atom stereocenters. The maximum atomic E-state index is 10.6. The van der Waals surface area contributed by atoms with Gasteiger partial charge in [0.1, 0.15) is 12.4 Å². The first kappa shape index (κ1) is 17.5. The predicted octanol–water partition coefficient (Wildman–Crippen LogP) is 3.26. The first-order chi connectivity index (χ1) is 9.90. The summed E-state index contributed by atoms with van der Waals surface area (Å²) in [6.45, 7) is 10.6. The third-order valence-electron chi connectivity index (χ3n) is 3.55. The second-order valence-electron chi connectivity index (χ2n) is 5.74. The SMILES string of the molecule is Cc1ccc(C)c(OCCN(CCCC(=O)O)C(C)C)c1. The minimum atomic E-state index is -0.731. The number of aryl methyl sites for hydroxylation is 2. The summed E-state index contributed by atoms with van der Waals surface area (Å²) in [7, 11) is 0. The van der Waals surface area contributed by atoms with Crippen molar-refractivity contribution in [1.82, 2.24) is 4.90 Å². The molecular formula is C17H27NO3. The van der Waals surface area contributed by atoms with E-state index in [0.717, 1.165) is 24.4 Å². The van der Waals surface area contributed by atoms with Crippen LogP contribution in [0.4, 0.5) is 0 Å². The van der Waals surface area contributed by atoms with Gasteiger partial charge in [-0.2, -0.15) is 0 Å². The number of hydrogen-bond donors (Lipinski definition) is 1. The van der Waals surface area contributed by atoms with Crippen molar-refractivity contribution in [2.75, 3.05) is 19.7 Å². The van der Waals surface area contributed by atoms with E-state index < -0.39 is 5.97 Å². The minimum Gasteiger partial charge on any atom is -0.492 e. The van der Waals surface area contributed by atoms with E-state index in [0.29, 0.717) is 19.1 Å². The molecule has 0 amide bonds. The summed E-state index contributed by atoms with van der Waals surface area (Å²) in [6.07, 6.45) is 0.901. The number of benzene rings is 1. The van der Waals surface area contributed by atoms with Crippen LogP contribution < -0.4 is 4.74 Å². The Labute approximate surface area is 127 Å². The van der Waals surface area contributed by atoms with E-state index in [1.54, 1.807) is 0 Å². The molecule has 1 N–H and O–H groups in total. The molecule has 0 aliphatic heterocycles. The number of carboxylic acids is 1. The first-order valence-corrected chi connectivity index (χ1v) is 7.56.